The second-order valence-corrected chi connectivity index (χ2v) is 7.85. The van der Waals surface area contributed by atoms with E-state index in [2.05, 4.69) is 17.0 Å². The van der Waals surface area contributed by atoms with Crippen LogP contribution < -0.4 is 5.73 Å². The van der Waals surface area contributed by atoms with Crippen LogP contribution in [0.15, 0.2) is 24.3 Å². The molecule has 1 saturated heterocycles. The van der Waals surface area contributed by atoms with Gasteiger partial charge in [0, 0.05) is 17.5 Å². The summed E-state index contributed by atoms with van der Waals surface area (Å²) in [4.78, 5) is 14.0. The summed E-state index contributed by atoms with van der Waals surface area (Å²) >= 11 is 5.97. The van der Waals surface area contributed by atoms with Gasteiger partial charge in [0.05, 0.1) is 0 Å². The summed E-state index contributed by atoms with van der Waals surface area (Å²) in [6.45, 7) is 2.84. The summed E-state index contributed by atoms with van der Waals surface area (Å²) < 4.78 is 0. The van der Waals surface area contributed by atoms with Crippen molar-refractivity contribution < 1.29 is 9.90 Å². The number of aliphatic carboxylic acids is 1. The minimum atomic E-state index is -1.04. The van der Waals surface area contributed by atoms with Crippen molar-refractivity contribution in [1.82, 2.24) is 4.90 Å². The topological polar surface area (TPSA) is 66.6 Å². The third kappa shape index (κ3) is 3.76. The van der Waals surface area contributed by atoms with Gasteiger partial charge in [-0.1, -0.05) is 36.6 Å². The molecule has 0 unspecified atom stereocenters. The number of rotatable bonds is 4. The number of carboxylic acid groups (broad SMARTS) is 1. The molecule has 1 aliphatic heterocycles. The van der Waals surface area contributed by atoms with E-state index in [9.17, 15) is 9.90 Å². The van der Waals surface area contributed by atoms with E-state index in [-0.39, 0.29) is 5.92 Å². The number of hydrogen-bond donors (Lipinski definition) is 2. The third-order valence-electron chi connectivity index (χ3n) is 5.93. The lowest BCUT2D eigenvalue weighted by molar-refractivity contribution is -0.147. The maximum atomic E-state index is 11.6. The van der Waals surface area contributed by atoms with Crippen LogP contribution in [0.1, 0.15) is 50.0 Å². The Balaban J connectivity index is 1.56. The zero-order valence-corrected chi connectivity index (χ0v) is 14.8. The second-order valence-electron chi connectivity index (χ2n) is 7.41. The minimum Gasteiger partial charge on any atom is -0.480 e. The first-order valence-electron chi connectivity index (χ1n) is 8.99. The van der Waals surface area contributed by atoms with Gasteiger partial charge < -0.3 is 15.7 Å². The number of nitrogens with two attached hydrogens (primary N) is 1. The predicted octanol–water partition coefficient (Wildman–Crippen LogP) is 3.49. The third-order valence-corrected chi connectivity index (χ3v) is 6.18. The quantitative estimate of drug-likeness (QED) is 0.872. The van der Waals surface area contributed by atoms with Crippen molar-refractivity contribution in [2.45, 2.75) is 50.0 Å². The van der Waals surface area contributed by atoms with Crippen molar-refractivity contribution >= 4 is 17.6 Å². The Labute approximate surface area is 149 Å². The zero-order chi connectivity index (χ0) is 17.2. The van der Waals surface area contributed by atoms with Crippen molar-refractivity contribution in [2.24, 2.45) is 11.7 Å². The van der Waals surface area contributed by atoms with E-state index < -0.39 is 11.5 Å². The van der Waals surface area contributed by atoms with E-state index in [1.54, 1.807) is 0 Å². The summed E-state index contributed by atoms with van der Waals surface area (Å²) in [7, 11) is 0. The van der Waals surface area contributed by atoms with Gasteiger partial charge in [-0.05, 0) is 62.4 Å². The Hall–Kier alpha value is -1.10. The molecule has 2 fully saturated rings. The van der Waals surface area contributed by atoms with Gasteiger partial charge in [0.15, 0.2) is 0 Å². The first kappa shape index (κ1) is 17.7. The van der Waals surface area contributed by atoms with Crippen molar-refractivity contribution in [1.29, 1.82) is 0 Å². The molecule has 24 heavy (non-hydrogen) atoms. The van der Waals surface area contributed by atoms with Crippen LogP contribution in [0, 0.1) is 5.92 Å². The maximum Gasteiger partial charge on any atom is 0.324 e. The van der Waals surface area contributed by atoms with Crippen LogP contribution in [0.3, 0.4) is 0 Å². The second kappa shape index (κ2) is 7.42. The molecule has 0 bridgehead atoms. The van der Waals surface area contributed by atoms with Gasteiger partial charge >= 0.3 is 5.97 Å². The largest absolute Gasteiger partial charge is 0.480 e. The van der Waals surface area contributed by atoms with Gasteiger partial charge in [-0.3, -0.25) is 4.79 Å². The molecule has 3 rings (SSSR count). The number of benzene rings is 1. The molecule has 2 atom stereocenters. The highest BCUT2D eigenvalue weighted by atomic mass is 35.5. The average molecular weight is 351 g/mol. The fourth-order valence-electron chi connectivity index (χ4n) is 4.30. The van der Waals surface area contributed by atoms with Crippen LogP contribution in [-0.2, 0) is 4.79 Å². The number of nitrogens with zero attached hydrogens (tertiary/aromatic N) is 1. The van der Waals surface area contributed by atoms with Crippen LogP contribution in [0.25, 0.3) is 0 Å². The van der Waals surface area contributed by atoms with Gasteiger partial charge in [-0.15, -0.1) is 0 Å². The molecule has 1 heterocycles. The molecular formula is C19H27ClN2O2. The van der Waals surface area contributed by atoms with Gasteiger partial charge in [-0.25, -0.2) is 0 Å². The molecule has 132 valence electrons. The lowest BCUT2D eigenvalue weighted by Crippen LogP contribution is -2.58. The summed E-state index contributed by atoms with van der Waals surface area (Å²) in [5.74, 6) is -0.189. The van der Waals surface area contributed by atoms with Crippen LogP contribution in [0.4, 0.5) is 0 Å². The van der Waals surface area contributed by atoms with E-state index in [1.807, 2.05) is 12.1 Å². The molecule has 0 radical (unpaired) electrons. The fourth-order valence-corrected chi connectivity index (χ4v) is 4.43. The molecule has 4 nitrogen and oxygen atoms in total. The number of carbonyl (C=O) groups is 1. The number of halogens is 1. The first-order chi connectivity index (χ1) is 11.5. The fraction of sp³-hybridized carbons (Fsp3) is 0.632. The monoisotopic (exact) mass is 350 g/mol. The molecule has 1 aliphatic carbocycles. The standard InChI is InChI=1S/C19H27ClN2O2/c20-17-6-4-14(5-7-17)15-8-11-22(12-9-15)13-16-3-1-2-10-19(16,21)18(23)24/h4-7,15-16H,1-3,8-13,21H2,(H,23,24)/t16-,19+/m0/s1. The van der Waals surface area contributed by atoms with Gasteiger partial charge in [0.1, 0.15) is 5.54 Å². The van der Waals surface area contributed by atoms with E-state index >= 15 is 0 Å². The highest BCUT2D eigenvalue weighted by molar-refractivity contribution is 6.30. The van der Waals surface area contributed by atoms with Gasteiger partial charge in [0.25, 0.3) is 0 Å². The molecule has 1 aromatic carbocycles. The van der Waals surface area contributed by atoms with E-state index in [4.69, 9.17) is 17.3 Å². The number of piperidine rings is 1. The molecule has 1 saturated carbocycles. The maximum absolute atomic E-state index is 11.6. The van der Waals surface area contributed by atoms with Crippen LogP contribution in [-0.4, -0.2) is 41.1 Å². The van der Waals surface area contributed by atoms with Gasteiger partial charge in [0.2, 0.25) is 0 Å². The summed E-state index contributed by atoms with van der Waals surface area (Å²) in [6.07, 6.45) is 5.78. The van der Waals surface area contributed by atoms with Crippen molar-refractivity contribution in [3.63, 3.8) is 0 Å². The molecule has 1 aromatic rings. The number of carboxylic acids is 1. The van der Waals surface area contributed by atoms with Crippen LogP contribution >= 0.6 is 11.6 Å². The molecule has 3 N–H and O–H groups in total. The molecule has 0 aromatic heterocycles. The van der Waals surface area contributed by atoms with E-state index in [0.717, 1.165) is 56.8 Å². The Morgan fingerprint density at radius 1 is 1.21 bits per heavy atom. The number of hydrogen-bond acceptors (Lipinski definition) is 3. The minimum absolute atomic E-state index is 0.0656. The van der Waals surface area contributed by atoms with E-state index in [1.165, 1.54) is 5.56 Å². The summed E-state index contributed by atoms with van der Waals surface area (Å²) in [6, 6.07) is 8.17. The zero-order valence-electron chi connectivity index (χ0n) is 14.1. The Morgan fingerprint density at radius 3 is 2.50 bits per heavy atom. The molecule has 2 aliphatic rings. The Morgan fingerprint density at radius 2 is 1.88 bits per heavy atom. The van der Waals surface area contributed by atoms with Crippen LogP contribution in [0.2, 0.25) is 5.02 Å². The van der Waals surface area contributed by atoms with Crippen LogP contribution in [0.5, 0.6) is 0 Å². The lowest BCUT2D eigenvalue weighted by Gasteiger charge is -2.42. The lowest BCUT2D eigenvalue weighted by atomic mass is 9.73. The highest BCUT2D eigenvalue weighted by Gasteiger charge is 2.44. The summed E-state index contributed by atoms with van der Waals surface area (Å²) in [5, 5.41) is 10.3. The van der Waals surface area contributed by atoms with Crippen molar-refractivity contribution in [3.05, 3.63) is 34.9 Å². The summed E-state index contributed by atoms with van der Waals surface area (Å²) in [5.41, 5.74) is 6.58. The number of likely N-dealkylation sites (tertiary alicyclic amines) is 1. The van der Waals surface area contributed by atoms with Crippen molar-refractivity contribution in [2.75, 3.05) is 19.6 Å². The smallest absolute Gasteiger partial charge is 0.324 e. The first-order valence-corrected chi connectivity index (χ1v) is 9.37. The molecule has 5 heteroatoms. The molecular weight excluding hydrogens is 324 g/mol. The van der Waals surface area contributed by atoms with Crippen molar-refractivity contribution in [3.8, 4) is 0 Å². The molecule has 0 spiro atoms. The predicted molar refractivity (Wildman–Crippen MR) is 96.4 cm³/mol. The van der Waals surface area contributed by atoms with Gasteiger partial charge in [-0.2, -0.15) is 0 Å². The SMILES string of the molecule is N[C@]1(C(=O)O)CCCC[C@H]1CN1CCC(c2ccc(Cl)cc2)CC1. The molecule has 0 amide bonds. The Bertz CT molecular complexity index is 569. The average Bonchev–Trinajstić information content (AvgIpc) is 2.58. The highest BCUT2D eigenvalue weighted by Crippen LogP contribution is 2.35. The Kier molecular flexibility index (Phi) is 5.48. The van der Waals surface area contributed by atoms with E-state index in [0.29, 0.717) is 12.3 Å². The normalized spacial score (nSPS) is 29.5.